The lowest BCUT2D eigenvalue weighted by Crippen LogP contribution is -2.28. The van der Waals surface area contributed by atoms with E-state index in [0.717, 1.165) is 11.4 Å². The molecular weight excluding hydrogens is 390 g/mol. The van der Waals surface area contributed by atoms with Gasteiger partial charge < -0.3 is 9.15 Å². The van der Waals surface area contributed by atoms with Crippen LogP contribution < -0.4 is 4.74 Å². The van der Waals surface area contributed by atoms with Crippen molar-refractivity contribution in [2.24, 2.45) is 28.8 Å². The summed E-state index contributed by atoms with van der Waals surface area (Å²) in [6.07, 6.45) is 6.21. The third-order valence-corrected chi connectivity index (χ3v) is 6.03. The van der Waals surface area contributed by atoms with Crippen molar-refractivity contribution in [2.75, 3.05) is 7.11 Å². The van der Waals surface area contributed by atoms with Gasteiger partial charge in [-0.25, -0.2) is 0 Å². The van der Waals surface area contributed by atoms with Gasteiger partial charge in [0, 0.05) is 12.1 Å². The minimum absolute atomic E-state index is 0.0968. The van der Waals surface area contributed by atoms with Crippen molar-refractivity contribution in [1.29, 1.82) is 0 Å². The number of amides is 2. The van der Waals surface area contributed by atoms with Crippen molar-refractivity contribution in [1.82, 2.24) is 5.01 Å². The first kappa shape index (κ1) is 18.3. The van der Waals surface area contributed by atoms with E-state index in [-0.39, 0.29) is 41.2 Å². The predicted molar refractivity (Wildman–Crippen MR) is 105 cm³/mol. The summed E-state index contributed by atoms with van der Waals surface area (Å²) in [7, 11) is 1.46. The number of furan rings is 1. The number of methoxy groups -OCH3 is 1. The summed E-state index contributed by atoms with van der Waals surface area (Å²) < 4.78 is 11.0. The third-order valence-electron chi connectivity index (χ3n) is 6.03. The molecule has 0 radical (unpaired) electrons. The van der Waals surface area contributed by atoms with E-state index in [0.29, 0.717) is 22.8 Å². The normalized spacial score (nSPS) is 26.8. The molecule has 5 rings (SSSR count). The number of allylic oxidation sites excluding steroid dienone is 2. The number of hydrazone groups is 1. The molecule has 2 bridgehead atoms. The molecule has 2 aliphatic carbocycles. The Morgan fingerprint density at radius 3 is 2.50 bits per heavy atom. The van der Waals surface area contributed by atoms with E-state index >= 15 is 0 Å². The number of non-ortho nitro benzene ring substituents is 1. The lowest BCUT2D eigenvalue weighted by molar-refractivity contribution is -0.384. The highest BCUT2D eigenvalue weighted by Gasteiger charge is 2.59. The molecular formula is C21H17N3O6. The number of fused-ring (bicyclic) bond motifs is 5. The van der Waals surface area contributed by atoms with Gasteiger partial charge in [-0.2, -0.15) is 10.1 Å². The molecule has 0 spiro atoms. The van der Waals surface area contributed by atoms with Crippen LogP contribution in [0.2, 0.25) is 0 Å². The molecule has 1 aliphatic heterocycles. The van der Waals surface area contributed by atoms with Gasteiger partial charge in [0.25, 0.3) is 17.5 Å². The number of rotatable bonds is 5. The van der Waals surface area contributed by atoms with Crippen LogP contribution in [-0.4, -0.2) is 35.1 Å². The van der Waals surface area contributed by atoms with Crippen LogP contribution in [0, 0.1) is 33.8 Å². The average molecular weight is 407 g/mol. The molecule has 2 aromatic rings. The second-order valence-corrected chi connectivity index (χ2v) is 7.58. The van der Waals surface area contributed by atoms with E-state index in [2.05, 4.69) is 5.10 Å². The fourth-order valence-electron chi connectivity index (χ4n) is 4.68. The topological polar surface area (TPSA) is 115 Å². The van der Waals surface area contributed by atoms with Crippen LogP contribution in [0.4, 0.5) is 5.69 Å². The molecule has 1 saturated heterocycles. The first-order valence-electron chi connectivity index (χ1n) is 9.50. The summed E-state index contributed by atoms with van der Waals surface area (Å²) in [5, 5.41) is 16.1. The van der Waals surface area contributed by atoms with E-state index in [1.165, 1.54) is 31.5 Å². The summed E-state index contributed by atoms with van der Waals surface area (Å²) in [5.74, 6) is 0.125. The van der Waals surface area contributed by atoms with Crippen molar-refractivity contribution in [3.63, 3.8) is 0 Å². The maximum Gasteiger partial charge on any atom is 0.270 e. The molecule has 0 unspecified atom stereocenters. The summed E-state index contributed by atoms with van der Waals surface area (Å²) >= 11 is 0. The molecule has 3 aliphatic rings. The van der Waals surface area contributed by atoms with Gasteiger partial charge in [0.1, 0.15) is 17.3 Å². The molecule has 4 atom stereocenters. The quantitative estimate of drug-likeness (QED) is 0.247. The zero-order valence-electron chi connectivity index (χ0n) is 15.9. The van der Waals surface area contributed by atoms with Gasteiger partial charge in [-0.3, -0.25) is 19.7 Å². The van der Waals surface area contributed by atoms with E-state index in [9.17, 15) is 19.7 Å². The van der Waals surface area contributed by atoms with Gasteiger partial charge in [-0.1, -0.05) is 12.2 Å². The smallest absolute Gasteiger partial charge is 0.270 e. The van der Waals surface area contributed by atoms with Gasteiger partial charge >= 0.3 is 0 Å². The third kappa shape index (κ3) is 2.66. The standard InChI is InChI=1S/C21H17N3O6/c1-29-16-6-4-13(24(27)28)9-15(16)17-7-5-14(30-17)10-22-23-20(25)18-11-2-3-12(8-11)19(18)21(23)26/h2-7,9-12,18-19H,8H2,1H3/b22-10-/t11-,12-,18-,19+/m0/s1. The van der Waals surface area contributed by atoms with Gasteiger partial charge in [0.15, 0.2) is 0 Å². The van der Waals surface area contributed by atoms with Crippen LogP contribution in [0.3, 0.4) is 0 Å². The fourth-order valence-corrected chi connectivity index (χ4v) is 4.68. The number of nitrogens with zero attached hydrogens (tertiary/aromatic N) is 3. The SMILES string of the molecule is COc1ccc([N+](=O)[O-])cc1-c1ccc(/C=N\N2C(=O)[C@@H]3[C@H](C2=O)[C@H]2C=C[C@H]3C2)o1. The molecule has 1 saturated carbocycles. The Labute approximate surface area is 170 Å². The molecule has 9 heteroatoms. The number of carbonyl (C=O) groups excluding carboxylic acids is 2. The summed E-state index contributed by atoms with van der Waals surface area (Å²) in [6, 6.07) is 7.42. The van der Waals surface area contributed by atoms with Crippen LogP contribution >= 0.6 is 0 Å². The second kappa shape index (κ2) is 6.65. The van der Waals surface area contributed by atoms with Crippen LogP contribution in [0.25, 0.3) is 11.3 Å². The molecule has 0 N–H and O–H groups in total. The Hall–Kier alpha value is -3.75. The monoisotopic (exact) mass is 407 g/mol. The highest BCUT2D eigenvalue weighted by molar-refractivity contribution is 6.06. The van der Waals surface area contributed by atoms with Gasteiger partial charge in [-0.05, 0) is 36.5 Å². The number of benzene rings is 1. The summed E-state index contributed by atoms with van der Waals surface area (Å²) in [6.45, 7) is 0. The van der Waals surface area contributed by atoms with Gasteiger partial charge in [0.05, 0.1) is 35.6 Å². The maximum atomic E-state index is 12.7. The second-order valence-electron chi connectivity index (χ2n) is 7.58. The predicted octanol–water partition coefficient (Wildman–Crippen LogP) is 3.00. The number of hydrogen-bond donors (Lipinski definition) is 0. The Morgan fingerprint density at radius 1 is 1.17 bits per heavy atom. The van der Waals surface area contributed by atoms with E-state index in [1.54, 1.807) is 12.1 Å². The molecule has 2 heterocycles. The van der Waals surface area contributed by atoms with Crippen molar-refractivity contribution in [3.05, 3.63) is 58.4 Å². The van der Waals surface area contributed by atoms with Crippen LogP contribution in [0.15, 0.2) is 52.0 Å². The zero-order chi connectivity index (χ0) is 21.0. The largest absolute Gasteiger partial charge is 0.496 e. The van der Waals surface area contributed by atoms with E-state index in [1.807, 2.05) is 12.2 Å². The molecule has 1 aromatic heterocycles. The average Bonchev–Trinajstić information content (AvgIpc) is 3.51. The van der Waals surface area contributed by atoms with Crippen LogP contribution in [0.5, 0.6) is 5.75 Å². The highest BCUT2D eigenvalue weighted by Crippen LogP contribution is 2.52. The van der Waals surface area contributed by atoms with Crippen molar-refractivity contribution in [2.45, 2.75) is 6.42 Å². The van der Waals surface area contributed by atoms with E-state index < -0.39 is 4.92 Å². The van der Waals surface area contributed by atoms with Gasteiger partial charge in [-0.15, -0.1) is 0 Å². The molecule has 9 nitrogen and oxygen atoms in total. The first-order chi connectivity index (χ1) is 14.5. The Bertz CT molecular complexity index is 1100. The first-order valence-corrected chi connectivity index (χ1v) is 9.50. The van der Waals surface area contributed by atoms with Crippen molar-refractivity contribution in [3.8, 4) is 17.1 Å². The number of ether oxygens (including phenoxy) is 1. The van der Waals surface area contributed by atoms with Crippen LogP contribution in [-0.2, 0) is 9.59 Å². The van der Waals surface area contributed by atoms with Crippen LogP contribution in [0.1, 0.15) is 12.2 Å². The number of carbonyl (C=O) groups is 2. The molecule has 1 aromatic carbocycles. The Balaban J connectivity index is 1.39. The van der Waals surface area contributed by atoms with E-state index in [4.69, 9.17) is 9.15 Å². The Morgan fingerprint density at radius 2 is 1.87 bits per heavy atom. The number of imide groups is 1. The summed E-state index contributed by atoms with van der Waals surface area (Å²) in [4.78, 5) is 35.9. The minimum atomic E-state index is -0.502. The number of hydrogen-bond acceptors (Lipinski definition) is 7. The fraction of sp³-hybridized carbons (Fsp3) is 0.286. The van der Waals surface area contributed by atoms with Gasteiger partial charge in [0.2, 0.25) is 0 Å². The highest BCUT2D eigenvalue weighted by atomic mass is 16.6. The lowest BCUT2D eigenvalue weighted by atomic mass is 9.85. The number of nitro benzene ring substituents is 1. The lowest BCUT2D eigenvalue weighted by Gasteiger charge is -2.13. The summed E-state index contributed by atoms with van der Waals surface area (Å²) in [5.41, 5.74) is 0.317. The Kier molecular flexibility index (Phi) is 4.05. The molecule has 30 heavy (non-hydrogen) atoms. The molecule has 2 amide bonds. The zero-order valence-corrected chi connectivity index (χ0v) is 15.9. The minimum Gasteiger partial charge on any atom is -0.496 e. The van der Waals surface area contributed by atoms with Crippen molar-refractivity contribution < 1.29 is 23.7 Å². The molecule has 152 valence electrons. The van der Waals surface area contributed by atoms with Crippen molar-refractivity contribution >= 4 is 23.7 Å². The maximum absolute atomic E-state index is 12.7. The molecule has 2 fully saturated rings. The number of nitro groups is 1.